The predicted octanol–water partition coefficient (Wildman–Crippen LogP) is -0.108. The fourth-order valence-electron chi connectivity index (χ4n) is 6.32. The standard InChI is InChI=1S/C22H20B10N2O2S/c1-35-13-5-11-37-15(13)20(29,30)34-10-8-16(14-4-2-3-9-33-14)19(27,28)12-36-21(22(16,31)32)17(23,24)6-7-18(21,25)26/h2-5,9,11,34H,6-8,10,12H2,1H3/t16-/m1/s1. The van der Waals surface area contributed by atoms with Crippen molar-refractivity contribution in [2.75, 3.05) is 20.3 Å². The number of methoxy groups -OCH3 is 1. The Balaban J connectivity index is 1.83. The molecule has 2 fully saturated rings. The summed E-state index contributed by atoms with van der Waals surface area (Å²) in [5.74, 6) is 0.545. The zero-order chi connectivity index (χ0) is 27.5. The second kappa shape index (κ2) is 9.40. The summed E-state index contributed by atoms with van der Waals surface area (Å²) < 4.78 is 11.6. The second-order valence-corrected chi connectivity index (χ2v) is 11.4. The van der Waals surface area contributed by atoms with Crippen molar-refractivity contribution in [1.82, 2.24) is 10.3 Å². The molecule has 1 atom stereocenters. The molecular formula is C22H20B10N2O2S. The SMILES string of the molecule is [B]C([B])(NCC[C@@]1(c2ccccn2)C([B])([B])COC2(C([B])([B])CCC2([B])[B])C1([B])[B])c1sccc1OC. The maximum atomic E-state index is 7.07. The number of thiophene rings is 1. The lowest BCUT2D eigenvalue weighted by atomic mass is 9.16. The molecule has 1 saturated carbocycles. The van der Waals surface area contributed by atoms with Crippen LogP contribution in [0.2, 0.25) is 20.9 Å². The van der Waals surface area contributed by atoms with Gasteiger partial charge in [0.15, 0.2) is 0 Å². The van der Waals surface area contributed by atoms with Crippen molar-refractivity contribution >= 4 is 89.8 Å². The van der Waals surface area contributed by atoms with Crippen molar-refractivity contribution in [3.8, 4) is 5.75 Å². The molecule has 2 aliphatic rings. The quantitative estimate of drug-likeness (QED) is 0.558. The van der Waals surface area contributed by atoms with Crippen LogP contribution in [-0.4, -0.2) is 109 Å². The lowest BCUT2D eigenvalue weighted by molar-refractivity contribution is -0.135. The van der Waals surface area contributed by atoms with Crippen molar-refractivity contribution < 1.29 is 9.47 Å². The maximum absolute atomic E-state index is 7.07. The molecule has 0 amide bonds. The van der Waals surface area contributed by atoms with Gasteiger partial charge in [0, 0.05) is 29.0 Å². The topological polar surface area (TPSA) is 43.4 Å². The molecule has 2 aromatic rings. The summed E-state index contributed by atoms with van der Waals surface area (Å²) in [7, 11) is 68.4. The largest absolute Gasteiger partial charge is 0.496 e. The van der Waals surface area contributed by atoms with Gasteiger partial charge in [-0.15, -0.1) is 11.3 Å². The van der Waals surface area contributed by atoms with E-state index < -0.39 is 37.2 Å². The van der Waals surface area contributed by atoms with E-state index in [0.717, 1.165) is 0 Å². The summed E-state index contributed by atoms with van der Waals surface area (Å²) in [4.78, 5) is 5.15. The Hall–Kier alpha value is -0.781. The minimum atomic E-state index is -2.02. The van der Waals surface area contributed by atoms with Crippen LogP contribution in [0, 0.1) is 0 Å². The van der Waals surface area contributed by atoms with Crippen LogP contribution in [0.25, 0.3) is 0 Å². The van der Waals surface area contributed by atoms with Gasteiger partial charge >= 0.3 is 0 Å². The second-order valence-electron chi connectivity index (χ2n) is 10.4. The van der Waals surface area contributed by atoms with Crippen molar-refractivity contribution in [3.05, 3.63) is 46.4 Å². The normalized spacial score (nSPS) is 27.1. The summed E-state index contributed by atoms with van der Waals surface area (Å²) >= 11 is 1.34. The van der Waals surface area contributed by atoms with Crippen LogP contribution in [0.5, 0.6) is 5.75 Å². The predicted molar refractivity (Wildman–Crippen MR) is 157 cm³/mol. The summed E-state index contributed by atoms with van der Waals surface area (Å²) in [6, 6.07) is 7.00. The van der Waals surface area contributed by atoms with Crippen LogP contribution in [0.1, 0.15) is 29.8 Å². The molecule has 0 unspecified atom stereocenters. The van der Waals surface area contributed by atoms with Crippen LogP contribution in [-0.2, 0) is 15.5 Å². The average Bonchev–Trinajstić information content (AvgIpc) is 3.36. The highest BCUT2D eigenvalue weighted by Crippen LogP contribution is 2.78. The lowest BCUT2D eigenvalue weighted by Gasteiger charge is -2.74. The first-order valence-electron chi connectivity index (χ1n) is 11.8. The molecule has 1 spiro atoms. The molecular weight excluding hydrogens is 464 g/mol. The molecule has 4 nitrogen and oxygen atoms in total. The van der Waals surface area contributed by atoms with E-state index in [9.17, 15) is 0 Å². The number of hydrogen-bond acceptors (Lipinski definition) is 5. The van der Waals surface area contributed by atoms with E-state index >= 15 is 0 Å². The number of pyridine rings is 1. The summed E-state index contributed by atoms with van der Waals surface area (Å²) in [6.07, 6.45) is 2.06. The fraction of sp³-hybridized carbons (Fsp3) is 0.591. The van der Waals surface area contributed by atoms with Crippen molar-refractivity contribution in [2.45, 2.75) is 56.5 Å². The Kier molecular flexibility index (Phi) is 7.42. The molecule has 15 heteroatoms. The highest BCUT2D eigenvalue weighted by atomic mass is 32.1. The Morgan fingerprint density at radius 1 is 1.00 bits per heavy atom. The van der Waals surface area contributed by atoms with E-state index in [1.165, 1.54) is 18.4 Å². The highest BCUT2D eigenvalue weighted by molar-refractivity contribution is 7.11. The van der Waals surface area contributed by atoms with Crippen LogP contribution < -0.4 is 10.1 Å². The van der Waals surface area contributed by atoms with Gasteiger partial charge in [-0.2, -0.15) is 0 Å². The molecule has 1 N–H and O–H groups in total. The molecule has 2 aromatic heterocycles. The van der Waals surface area contributed by atoms with Gasteiger partial charge < -0.3 is 14.8 Å². The Bertz CT molecular complexity index is 1110. The van der Waals surface area contributed by atoms with Crippen LogP contribution in [0.3, 0.4) is 0 Å². The molecule has 0 aromatic carbocycles. The van der Waals surface area contributed by atoms with Crippen molar-refractivity contribution in [2.24, 2.45) is 0 Å². The van der Waals surface area contributed by atoms with Gasteiger partial charge in [-0.3, -0.25) is 4.98 Å². The molecule has 166 valence electrons. The Morgan fingerprint density at radius 3 is 2.22 bits per heavy atom. The summed E-state index contributed by atoms with van der Waals surface area (Å²) in [6.45, 7) is -0.127. The number of ether oxygens (including phenoxy) is 2. The van der Waals surface area contributed by atoms with E-state index in [1.807, 2.05) is 5.38 Å². The molecule has 4 rings (SSSR count). The van der Waals surface area contributed by atoms with E-state index in [-0.39, 0.29) is 32.4 Å². The van der Waals surface area contributed by atoms with Gasteiger partial charge in [-0.05, 0) is 47.3 Å². The summed E-state index contributed by atoms with van der Waals surface area (Å²) in [5, 5.41) is -3.41. The summed E-state index contributed by atoms with van der Waals surface area (Å²) in [5.41, 5.74) is -2.98. The fourth-order valence-corrected chi connectivity index (χ4v) is 7.19. The smallest absolute Gasteiger partial charge is 0.133 e. The van der Waals surface area contributed by atoms with Gasteiger partial charge in [0.05, 0.1) is 85.6 Å². The number of aromatic nitrogens is 1. The maximum Gasteiger partial charge on any atom is 0.133 e. The first-order valence-corrected chi connectivity index (χ1v) is 12.7. The van der Waals surface area contributed by atoms with E-state index in [0.29, 0.717) is 16.3 Å². The minimum Gasteiger partial charge on any atom is -0.496 e. The Labute approximate surface area is 237 Å². The van der Waals surface area contributed by atoms with Gasteiger partial charge in [-0.25, -0.2) is 0 Å². The van der Waals surface area contributed by atoms with E-state index in [1.54, 1.807) is 30.5 Å². The van der Waals surface area contributed by atoms with Gasteiger partial charge in [0.1, 0.15) is 5.75 Å². The van der Waals surface area contributed by atoms with Gasteiger partial charge in [0.25, 0.3) is 0 Å². The number of nitrogens with zero attached hydrogens (tertiary/aromatic N) is 1. The zero-order valence-electron chi connectivity index (χ0n) is 20.9. The lowest BCUT2D eigenvalue weighted by Crippen LogP contribution is -2.73. The van der Waals surface area contributed by atoms with Gasteiger partial charge in [0.2, 0.25) is 0 Å². The number of rotatable bonds is 7. The van der Waals surface area contributed by atoms with Gasteiger partial charge in [-0.1, -0.05) is 39.8 Å². The first-order chi connectivity index (χ1) is 17.0. The molecule has 37 heavy (non-hydrogen) atoms. The third kappa shape index (κ3) is 4.03. The third-order valence-corrected chi connectivity index (χ3v) is 9.17. The monoisotopic (exact) mass is 486 g/mol. The van der Waals surface area contributed by atoms with Crippen LogP contribution in [0.15, 0.2) is 35.8 Å². The van der Waals surface area contributed by atoms with E-state index in [2.05, 4.69) is 10.3 Å². The molecule has 1 saturated heterocycles. The number of hydrogen-bond donors (Lipinski definition) is 1. The van der Waals surface area contributed by atoms with Crippen molar-refractivity contribution in [1.29, 1.82) is 0 Å². The highest BCUT2D eigenvalue weighted by Gasteiger charge is 2.74. The van der Waals surface area contributed by atoms with Crippen LogP contribution in [0.4, 0.5) is 0 Å². The number of nitrogens with one attached hydrogen (secondary N) is 1. The van der Waals surface area contributed by atoms with Crippen LogP contribution >= 0.6 is 11.3 Å². The molecule has 1 aliphatic carbocycles. The zero-order valence-corrected chi connectivity index (χ0v) is 21.8. The molecule has 3 heterocycles. The molecule has 1 aliphatic heterocycles. The third-order valence-electron chi connectivity index (χ3n) is 8.12. The molecule has 20 radical (unpaired) electrons. The average molecular weight is 485 g/mol. The van der Waals surface area contributed by atoms with Crippen molar-refractivity contribution in [3.63, 3.8) is 0 Å². The Morgan fingerprint density at radius 2 is 1.65 bits per heavy atom. The minimum absolute atomic E-state index is 0.0884. The molecule has 0 bridgehead atoms. The van der Waals surface area contributed by atoms with E-state index in [4.69, 9.17) is 87.9 Å². The first kappa shape index (κ1) is 29.2.